The van der Waals surface area contributed by atoms with E-state index in [0.717, 1.165) is 31.8 Å². The Morgan fingerprint density at radius 3 is 2.12 bits per heavy atom. The van der Waals surface area contributed by atoms with Gasteiger partial charge in [-0.2, -0.15) is 4.31 Å². The third-order valence-corrected chi connectivity index (χ3v) is 8.96. The van der Waals surface area contributed by atoms with Crippen molar-refractivity contribution in [1.82, 2.24) is 14.5 Å². The molecule has 7 nitrogen and oxygen atoms in total. The maximum absolute atomic E-state index is 14.1. The largest absolute Gasteiger partial charge is 0.350 e. The van der Waals surface area contributed by atoms with Gasteiger partial charge in [-0.3, -0.25) is 9.59 Å². The third-order valence-electron chi connectivity index (χ3n) is 7.16. The highest BCUT2D eigenvalue weighted by molar-refractivity contribution is 7.89. The molecule has 0 aliphatic carbocycles. The fourth-order valence-corrected chi connectivity index (χ4v) is 6.01. The molecular weight excluding hydrogens is 546 g/mol. The smallest absolute Gasteiger partial charge is 0.243 e. The Morgan fingerprint density at radius 2 is 1.45 bits per heavy atom. The van der Waals surface area contributed by atoms with Crippen LogP contribution in [0.4, 0.5) is 0 Å². The van der Waals surface area contributed by atoms with Gasteiger partial charge >= 0.3 is 0 Å². The molecule has 4 aromatic rings. The van der Waals surface area contributed by atoms with E-state index in [0.29, 0.717) is 0 Å². The van der Waals surface area contributed by atoms with Crippen LogP contribution in [0.5, 0.6) is 0 Å². The first kappa shape index (κ1) is 30.9. The van der Waals surface area contributed by atoms with Gasteiger partial charge in [0.25, 0.3) is 0 Å². The molecule has 2 amide bonds. The summed E-state index contributed by atoms with van der Waals surface area (Å²) in [6, 6.07) is 28.8. The second kappa shape index (κ2) is 12.9. The van der Waals surface area contributed by atoms with E-state index in [1.807, 2.05) is 107 Å². The predicted octanol–water partition coefficient (Wildman–Crippen LogP) is 5.32. The Kier molecular flexibility index (Phi) is 9.49. The van der Waals surface area contributed by atoms with Crippen molar-refractivity contribution in [2.24, 2.45) is 0 Å². The maximum Gasteiger partial charge on any atom is 0.243 e. The van der Waals surface area contributed by atoms with E-state index >= 15 is 0 Å². The number of nitrogens with one attached hydrogen (secondary N) is 1. The first-order valence-corrected chi connectivity index (χ1v) is 15.4. The third kappa shape index (κ3) is 7.63. The Bertz CT molecular complexity index is 1660. The van der Waals surface area contributed by atoms with Crippen LogP contribution in [0.2, 0.25) is 0 Å². The number of amides is 2. The van der Waals surface area contributed by atoms with Gasteiger partial charge in [0, 0.05) is 25.6 Å². The van der Waals surface area contributed by atoms with Crippen molar-refractivity contribution in [1.29, 1.82) is 0 Å². The van der Waals surface area contributed by atoms with Crippen molar-refractivity contribution in [2.75, 3.05) is 13.6 Å². The Hall–Kier alpha value is -4.01. The molecule has 1 N–H and O–H groups in total. The number of hydrogen-bond acceptors (Lipinski definition) is 4. The lowest BCUT2D eigenvalue weighted by Gasteiger charge is -2.35. The first-order valence-electron chi connectivity index (χ1n) is 14.0. The summed E-state index contributed by atoms with van der Waals surface area (Å²) in [7, 11) is -2.59. The molecule has 0 bridgehead atoms. The second-order valence-electron chi connectivity index (χ2n) is 11.7. The zero-order valence-corrected chi connectivity index (χ0v) is 25.7. The highest BCUT2D eigenvalue weighted by atomic mass is 32.2. The average Bonchev–Trinajstić information content (AvgIpc) is 2.95. The number of hydrogen-bond donors (Lipinski definition) is 1. The summed E-state index contributed by atoms with van der Waals surface area (Å²) in [6.45, 7) is 7.36. The van der Waals surface area contributed by atoms with E-state index in [1.165, 1.54) is 11.9 Å². The van der Waals surface area contributed by atoms with Crippen molar-refractivity contribution in [3.05, 3.63) is 114 Å². The van der Waals surface area contributed by atoms with Crippen LogP contribution in [-0.2, 0) is 32.6 Å². The molecule has 0 saturated heterocycles. The van der Waals surface area contributed by atoms with E-state index in [4.69, 9.17) is 0 Å². The molecule has 0 fully saturated rings. The topological polar surface area (TPSA) is 86.8 Å². The second-order valence-corrected chi connectivity index (χ2v) is 13.7. The van der Waals surface area contributed by atoms with Crippen LogP contribution in [0.15, 0.2) is 102 Å². The van der Waals surface area contributed by atoms with E-state index < -0.39 is 34.1 Å². The van der Waals surface area contributed by atoms with Gasteiger partial charge in [-0.1, -0.05) is 84.9 Å². The fraction of sp³-hybridized carbons (Fsp3) is 0.294. The lowest BCUT2D eigenvalue weighted by Crippen LogP contribution is -2.56. The highest BCUT2D eigenvalue weighted by Gasteiger charge is 2.34. The van der Waals surface area contributed by atoms with Gasteiger partial charge in [-0.25, -0.2) is 8.42 Å². The zero-order valence-electron chi connectivity index (χ0n) is 24.9. The Labute approximate surface area is 249 Å². The predicted molar refractivity (Wildman–Crippen MR) is 167 cm³/mol. The molecule has 0 heterocycles. The standard InChI is InChI=1S/C34H39N3O4S/c1-25-13-9-10-18-29(25)23-37(31(33(39)35-34(2,3)4)21-26-14-7-6-8-15-26)32(38)24-36(5)42(40,41)30-20-19-27-16-11-12-17-28(27)22-30/h6-20,22,31H,21,23-24H2,1-5H3,(H,35,39)/t31-/m0/s1. The summed E-state index contributed by atoms with van der Waals surface area (Å²) >= 11 is 0. The van der Waals surface area contributed by atoms with E-state index in [1.54, 1.807) is 18.2 Å². The summed E-state index contributed by atoms with van der Waals surface area (Å²) in [6.07, 6.45) is 0.279. The van der Waals surface area contributed by atoms with Crippen LogP contribution in [0, 0.1) is 6.92 Å². The monoisotopic (exact) mass is 585 g/mol. The SMILES string of the molecule is Cc1ccccc1CN(C(=O)CN(C)S(=O)(=O)c1ccc2ccccc2c1)[C@@H](Cc1ccccc1)C(=O)NC(C)(C)C. The molecule has 8 heteroatoms. The van der Waals surface area contributed by atoms with Gasteiger partial charge in [0.15, 0.2) is 0 Å². The number of nitrogens with zero attached hydrogens (tertiary/aromatic N) is 2. The molecule has 0 unspecified atom stereocenters. The van der Waals surface area contributed by atoms with Gasteiger partial charge in [0.1, 0.15) is 6.04 Å². The number of likely N-dealkylation sites (N-methyl/N-ethyl adjacent to an activating group) is 1. The van der Waals surface area contributed by atoms with Crippen molar-refractivity contribution in [3.63, 3.8) is 0 Å². The summed E-state index contributed by atoms with van der Waals surface area (Å²) in [5.74, 6) is -0.761. The Morgan fingerprint density at radius 1 is 0.833 bits per heavy atom. The number of carbonyl (C=O) groups excluding carboxylic acids is 2. The number of rotatable bonds is 10. The van der Waals surface area contributed by atoms with Gasteiger partial charge in [-0.05, 0) is 67.3 Å². The molecule has 0 saturated carbocycles. The number of sulfonamides is 1. The molecule has 4 aromatic carbocycles. The lowest BCUT2D eigenvalue weighted by atomic mass is 10.00. The number of carbonyl (C=O) groups is 2. The van der Waals surface area contributed by atoms with Crippen LogP contribution in [-0.4, -0.2) is 54.6 Å². The van der Waals surface area contributed by atoms with Crippen LogP contribution >= 0.6 is 0 Å². The van der Waals surface area contributed by atoms with E-state index in [2.05, 4.69) is 5.32 Å². The molecule has 42 heavy (non-hydrogen) atoms. The fourth-order valence-electron chi connectivity index (χ4n) is 4.85. The highest BCUT2D eigenvalue weighted by Crippen LogP contribution is 2.23. The minimum absolute atomic E-state index is 0.105. The van der Waals surface area contributed by atoms with Crippen molar-refractivity contribution in [2.45, 2.75) is 57.1 Å². The number of fused-ring (bicyclic) bond motifs is 1. The minimum atomic E-state index is -3.99. The Balaban J connectivity index is 1.69. The van der Waals surface area contributed by atoms with E-state index in [9.17, 15) is 18.0 Å². The van der Waals surface area contributed by atoms with Gasteiger partial charge in [0.05, 0.1) is 11.4 Å². The van der Waals surface area contributed by atoms with Crippen LogP contribution in [0.25, 0.3) is 10.8 Å². The molecule has 0 aliphatic heterocycles. The molecule has 4 rings (SSSR count). The molecule has 0 spiro atoms. The van der Waals surface area contributed by atoms with Crippen LogP contribution in [0.3, 0.4) is 0 Å². The van der Waals surface area contributed by atoms with Crippen molar-refractivity contribution < 1.29 is 18.0 Å². The summed E-state index contributed by atoms with van der Waals surface area (Å²) in [5, 5.41) is 4.75. The molecule has 0 radical (unpaired) electrons. The van der Waals surface area contributed by atoms with Crippen LogP contribution in [0.1, 0.15) is 37.5 Å². The number of benzene rings is 4. The molecule has 1 atom stereocenters. The molecule has 0 aliphatic rings. The van der Waals surface area contributed by atoms with Gasteiger partial charge in [-0.15, -0.1) is 0 Å². The quantitative estimate of drug-likeness (QED) is 0.273. The zero-order chi connectivity index (χ0) is 30.5. The van der Waals surface area contributed by atoms with Crippen LogP contribution < -0.4 is 5.32 Å². The molecular formula is C34H39N3O4S. The van der Waals surface area contributed by atoms with Crippen molar-refractivity contribution >= 4 is 32.6 Å². The molecule has 0 aromatic heterocycles. The first-order chi connectivity index (χ1) is 19.8. The van der Waals surface area contributed by atoms with E-state index in [-0.39, 0.29) is 23.8 Å². The summed E-state index contributed by atoms with van der Waals surface area (Å²) in [5.41, 5.74) is 2.22. The minimum Gasteiger partial charge on any atom is -0.350 e. The summed E-state index contributed by atoms with van der Waals surface area (Å²) < 4.78 is 28.3. The normalized spacial score (nSPS) is 12.7. The maximum atomic E-state index is 14.1. The number of aryl methyl sites for hydroxylation is 1. The van der Waals surface area contributed by atoms with Gasteiger partial charge < -0.3 is 10.2 Å². The molecule has 220 valence electrons. The average molecular weight is 586 g/mol. The summed E-state index contributed by atoms with van der Waals surface area (Å²) in [4.78, 5) is 29.5. The van der Waals surface area contributed by atoms with Gasteiger partial charge in [0.2, 0.25) is 21.8 Å². The van der Waals surface area contributed by atoms with Crippen molar-refractivity contribution in [3.8, 4) is 0 Å². The lowest BCUT2D eigenvalue weighted by molar-refractivity contribution is -0.141.